The summed E-state index contributed by atoms with van der Waals surface area (Å²) < 4.78 is 16.2. The van der Waals surface area contributed by atoms with Gasteiger partial charge < -0.3 is 14.2 Å². The van der Waals surface area contributed by atoms with Gasteiger partial charge in [0.2, 0.25) is 0 Å². The lowest BCUT2D eigenvalue weighted by molar-refractivity contribution is -0.176. The summed E-state index contributed by atoms with van der Waals surface area (Å²) in [4.78, 5) is 40.4. The Labute approximate surface area is 206 Å². The number of hydrogen-bond donors (Lipinski definition) is 2. The van der Waals surface area contributed by atoms with E-state index < -0.39 is 29.3 Å². The standard InChI is InChI=1S/C26H35N3O6/c1-16(2)14-26(6,23(31)35-25(3,4)5)22(27)34-20-9-8-17(12-19(20)15-30)18-10-11-28-21(13-18)29-24(32)33-7/h8-11,13,16,22H,12,14,27H2,1-7H3,(H,28,29,32)/t22-,26?/m0/s1. The second kappa shape index (κ2) is 11.3. The van der Waals surface area contributed by atoms with Gasteiger partial charge in [0.05, 0.1) is 12.7 Å². The summed E-state index contributed by atoms with van der Waals surface area (Å²) in [6.45, 7) is 11.1. The molecule has 1 aromatic heterocycles. The molecule has 0 aromatic carbocycles. The predicted octanol–water partition coefficient (Wildman–Crippen LogP) is 4.38. The van der Waals surface area contributed by atoms with Gasteiger partial charge in [-0.3, -0.25) is 15.8 Å². The van der Waals surface area contributed by atoms with Gasteiger partial charge in [-0.2, -0.15) is 0 Å². The van der Waals surface area contributed by atoms with Crippen LogP contribution in [0.15, 0.2) is 41.8 Å². The van der Waals surface area contributed by atoms with Crippen LogP contribution in [0.2, 0.25) is 0 Å². The number of ether oxygens (including phenoxy) is 3. The number of esters is 1. The summed E-state index contributed by atoms with van der Waals surface area (Å²) in [5, 5.41) is 2.51. The van der Waals surface area contributed by atoms with E-state index in [1.165, 1.54) is 13.3 Å². The average molecular weight is 486 g/mol. The van der Waals surface area contributed by atoms with Gasteiger partial charge in [-0.25, -0.2) is 14.6 Å². The van der Waals surface area contributed by atoms with Crippen molar-refractivity contribution in [2.75, 3.05) is 12.4 Å². The Morgan fingerprint density at radius 3 is 2.49 bits per heavy atom. The van der Waals surface area contributed by atoms with E-state index >= 15 is 0 Å². The molecule has 0 radical (unpaired) electrons. The first-order valence-corrected chi connectivity index (χ1v) is 11.4. The number of allylic oxidation sites excluding steroid dienone is 4. The molecule has 9 heteroatoms. The third kappa shape index (κ3) is 7.53. The minimum absolute atomic E-state index is 0.148. The van der Waals surface area contributed by atoms with Crippen LogP contribution >= 0.6 is 0 Å². The summed E-state index contributed by atoms with van der Waals surface area (Å²) >= 11 is 0. The van der Waals surface area contributed by atoms with Crippen LogP contribution in [0, 0.1) is 11.3 Å². The monoisotopic (exact) mass is 485 g/mol. The van der Waals surface area contributed by atoms with E-state index in [-0.39, 0.29) is 23.7 Å². The Kier molecular flexibility index (Phi) is 9.01. The molecule has 2 atom stereocenters. The van der Waals surface area contributed by atoms with Crippen molar-refractivity contribution in [2.45, 2.75) is 66.2 Å². The van der Waals surface area contributed by atoms with Crippen molar-refractivity contribution in [3.8, 4) is 0 Å². The van der Waals surface area contributed by atoms with Gasteiger partial charge >= 0.3 is 12.1 Å². The van der Waals surface area contributed by atoms with Crippen LogP contribution in [0.5, 0.6) is 0 Å². The highest BCUT2D eigenvalue weighted by Gasteiger charge is 2.45. The average Bonchev–Trinajstić information content (AvgIpc) is 2.77. The van der Waals surface area contributed by atoms with Crippen LogP contribution in [0.25, 0.3) is 5.57 Å². The number of anilines is 1. The fourth-order valence-corrected chi connectivity index (χ4v) is 3.69. The molecular weight excluding hydrogens is 450 g/mol. The van der Waals surface area contributed by atoms with Crippen LogP contribution in [-0.4, -0.2) is 41.9 Å². The molecule has 9 nitrogen and oxygen atoms in total. The van der Waals surface area contributed by atoms with Crippen LogP contribution in [0.1, 0.15) is 59.9 Å². The number of amides is 1. The number of methoxy groups -OCH3 is 1. The molecule has 3 N–H and O–H groups in total. The highest BCUT2D eigenvalue weighted by atomic mass is 16.6. The quantitative estimate of drug-likeness (QED) is 0.315. The van der Waals surface area contributed by atoms with Gasteiger partial charge in [0.15, 0.2) is 6.23 Å². The molecule has 1 amide bonds. The molecule has 0 bridgehead atoms. The van der Waals surface area contributed by atoms with Crippen LogP contribution in [-0.2, 0) is 23.8 Å². The van der Waals surface area contributed by atoms with E-state index in [1.807, 2.05) is 19.8 Å². The van der Waals surface area contributed by atoms with Gasteiger partial charge in [-0.1, -0.05) is 19.9 Å². The predicted molar refractivity (Wildman–Crippen MR) is 133 cm³/mol. The molecule has 1 aliphatic rings. The lowest BCUT2D eigenvalue weighted by Crippen LogP contribution is -2.50. The normalized spacial score (nSPS) is 16.3. The van der Waals surface area contributed by atoms with Gasteiger partial charge in [0, 0.05) is 12.6 Å². The van der Waals surface area contributed by atoms with Crippen molar-refractivity contribution in [1.29, 1.82) is 0 Å². The summed E-state index contributed by atoms with van der Waals surface area (Å²) in [5.41, 5.74) is 6.38. The zero-order valence-corrected chi connectivity index (χ0v) is 21.4. The molecule has 1 unspecified atom stereocenters. The van der Waals surface area contributed by atoms with Crippen molar-refractivity contribution in [1.82, 2.24) is 4.98 Å². The molecule has 1 aromatic rings. The zero-order valence-electron chi connectivity index (χ0n) is 21.4. The van der Waals surface area contributed by atoms with E-state index in [4.69, 9.17) is 15.2 Å². The van der Waals surface area contributed by atoms with Crippen molar-refractivity contribution in [2.24, 2.45) is 17.1 Å². The molecule has 0 spiro atoms. The molecule has 190 valence electrons. The molecule has 1 aliphatic carbocycles. The summed E-state index contributed by atoms with van der Waals surface area (Å²) in [5.74, 6) is 2.17. The van der Waals surface area contributed by atoms with E-state index in [0.29, 0.717) is 12.2 Å². The maximum Gasteiger partial charge on any atom is 0.412 e. The van der Waals surface area contributed by atoms with Crippen molar-refractivity contribution < 1.29 is 28.6 Å². The molecule has 0 saturated heterocycles. The maximum absolute atomic E-state index is 13.1. The largest absolute Gasteiger partial charge is 0.473 e. The first-order valence-electron chi connectivity index (χ1n) is 11.4. The molecule has 35 heavy (non-hydrogen) atoms. The van der Waals surface area contributed by atoms with Crippen molar-refractivity contribution in [3.63, 3.8) is 0 Å². The molecule has 0 aliphatic heterocycles. The number of carbonyl (C=O) groups excluding carboxylic acids is 3. The Morgan fingerprint density at radius 2 is 1.91 bits per heavy atom. The SMILES string of the molecule is COC(=O)Nc1cc(C2=CC=C(O[C@H](N)C(C)(CC(C)C)C(=O)OC(C)(C)C)C(=C=O)C2)ccn1. The van der Waals surface area contributed by atoms with Crippen LogP contribution < -0.4 is 11.1 Å². The van der Waals surface area contributed by atoms with Crippen LogP contribution in [0.4, 0.5) is 10.6 Å². The molecule has 2 rings (SSSR count). The summed E-state index contributed by atoms with van der Waals surface area (Å²) in [6.07, 6.45) is 3.91. The number of nitrogens with two attached hydrogens (primary N) is 1. The first kappa shape index (κ1) is 27.8. The zero-order chi connectivity index (χ0) is 26.4. The van der Waals surface area contributed by atoms with Crippen LogP contribution in [0.3, 0.4) is 0 Å². The first-order chi connectivity index (χ1) is 16.3. The van der Waals surface area contributed by atoms with Gasteiger partial charge in [0.1, 0.15) is 28.5 Å². The lowest BCUT2D eigenvalue weighted by atomic mass is 9.80. The minimum Gasteiger partial charge on any atom is -0.473 e. The Hall–Kier alpha value is -3.42. The van der Waals surface area contributed by atoms with Gasteiger partial charge in [-0.05, 0) is 69.4 Å². The number of nitrogens with zero attached hydrogens (tertiary/aromatic N) is 1. The van der Waals surface area contributed by atoms with E-state index in [9.17, 15) is 14.4 Å². The highest BCUT2D eigenvalue weighted by molar-refractivity contribution is 5.85. The number of rotatable bonds is 8. The molecule has 0 saturated carbocycles. The molecular formula is C26H35N3O6. The fraction of sp³-hybridized carbons (Fsp3) is 0.500. The van der Waals surface area contributed by atoms with Crippen molar-refractivity contribution in [3.05, 3.63) is 47.4 Å². The molecule has 0 fully saturated rings. The smallest absolute Gasteiger partial charge is 0.412 e. The second-order valence-electron chi connectivity index (χ2n) is 10.1. The summed E-state index contributed by atoms with van der Waals surface area (Å²) in [7, 11) is 1.26. The second-order valence-corrected chi connectivity index (χ2v) is 10.1. The van der Waals surface area contributed by atoms with E-state index in [1.54, 1.807) is 52.0 Å². The third-order valence-electron chi connectivity index (χ3n) is 5.35. The Morgan fingerprint density at radius 1 is 1.23 bits per heavy atom. The summed E-state index contributed by atoms with van der Waals surface area (Å²) in [6, 6.07) is 3.42. The molecule has 1 heterocycles. The topological polar surface area (TPSA) is 130 Å². The highest BCUT2D eigenvalue weighted by Crippen LogP contribution is 2.37. The van der Waals surface area contributed by atoms with Crippen molar-refractivity contribution >= 4 is 29.4 Å². The van der Waals surface area contributed by atoms with Gasteiger partial charge in [-0.15, -0.1) is 0 Å². The number of nitrogens with one attached hydrogen (secondary N) is 1. The minimum atomic E-state index is -1.14. The van der Waals surface area contributed by atoms with E-state index in [0.717, 1.165) is 11.1 Å². The Balaban J connectivity index is 2.31. The Bertz CT molecular complexity index is 1060. The maximum atomic E-state index is 13.1. The van der Waals surface area contributed by atoms with E-state index in [2.05, 4.69) is 15.0 Å². The number of carbonyl (C=O) groups is 2. The fourth-order valence-electron chi connectivity index (χ4n) is 3.69. The lowest BCUT2D eigenvalue weighted by Gasteiger charge is -2.37. The number of aromatic nitrogens is 1. The number of pyridine rings is 1. The van der Waals surface area contributed by atoms with Gasteiger partial charge in [0.25, 0.3) is 0 Å². The number of hydrogen-bond acceptors (Lipinski definition) is 8. The third-order valence-corrected chi connectivity index (χ3v) is 5.35.